The maximum absolute atomic E-state index is 12.5. The maximum Gasteiger partial charge on any atom is 0.273 e. The van der Waals surface area contributed by atoms with Crippen molar-refractivity contribution in [3.63, 3.8) is 0 Å². The number of non-ortho nitro benzene ring substituents is 1. The van der Waals surface area contributed by atoms with Gasteiger partial charge in [0.2, 0.25) is 5.16 Å². The van der Waals surface area contributed by atoms with Gasteiger partial charge in [0, 0.05) is 22.7 Å². The molecule has 31 heavy (non-hydrogen) atoms. The molecule has 0 aliphatic heterocycles. The van der Waals surface area contributed by atoms with Crippen molar-refractivity contribution < 1.29 is 14.8 Å². The molecule has 3 rings (SSSR count). The predicted molar refractivity (Wildman–Crippen MR) is 120 cm³/mol. The number of nitrogens with zero attached hydrogens (tertiary/aromatic N) is 5. The van der Waals surface area contributed by atoms with E-state index in [1.54, 1.807) is 4.68 Å². The molecule has 11 heteroatoms. The first-order valence-corrected chi connectivity index (χ1v) is 11.1. The third kappa shape index (κ3) is 5.61. The van der Waals surface area contributed by atoms with Crippen molar-refractivity contribution in [3.8, 4) is 11.5 Å². The Kier molecular flexibility index (Phi) is 7.64. The van der Waals surface area contributed by atoms with Crippen molar-refractivity contribution in [1.82, 2.24) is 14.9 Å². The lowest BCUT2D eigenvalue weighted by Crippen LogP contribution is -2.04. The lowest BCUT2D eigenvalue weighted by molar-refractivity contribution is -0.385. The summed E-state index contributed by atoms with van der Waals surface area (Å²) in [6.45, 7) is 2.01. The van der Waals surface area contributed by atoms with E-state index in [-0.39, 0.29) is 17.0 Å². The molecule has 0 amide bonds. The molecule has 0 atom stereocenters. The van der Waals surface area contributed by atoms with Crippen LogP contribution >= 0.6 is 27.7 Å². The Morgan fingerprint density at radius 1 is 1.29 bits per heavy atom. The molecular formula is C20H19BrN5O4S-. The monoisotopic (exact) mass is 504 g/mol. The summed E-state index contributed by atoms with van der Waals surface area (Å²) >= 11 is 4.87. The average Bonchev–Trinajstić information content (AvgIpc) is 3.14. The van der Waals surface area contributed by atoms with Crippen LogP contribution in [0.5, 0.6) is 11.5 Å². The fourth-order valence-electron chi connectivity index (χ4n) is 2.69. The van der Waals surface area contributed by atoms with Gasteiger partial charge >= 0.3 is 0 Å². The first-order chi connectivity index (χ1) is 14.9. The number of benzene rings is 2. The minimum Gasteiger partial charge on any atom is -0.870 e. The Morgan fingerprint density at radius 3 is 2.68 bits per heavy atom. The van der Waals surface area contributed by atoms with E-state index in [2.05, 4.69) is 31.2 Å². The van der Waals surface area contributed by atoms with E-state index in [9.17, 15) is 15.2 Å². The van der Waals surface area contributed by atoms with E-state index >= 15 is 0 Å². The summed E-state index contributed by atoms with van der Waals surface area (Å²) in [5.41, 5.74) is 0.903. The molecule has 0 N–H and O–H groups in total. The number of hydrogen-bond donors (Lipinski definition) is 0. The van der Waals surface area contributed by atoms with Crippen LogP contribution in [0, 0.1) is 10.1 Å². The van der Waals surface area contributed by atoms with Crippen molar-refractivity contribution in [3.05, 3.63) is 67.9 Å². The zero-order valence-corrected chi connectivity index (χ0v) is 19.2. The molecule has 1 heterocycles. The first kappa shape index (κ1) is 22.8. The van der Waals surface area contributed by atoms with Gasteiger partial charge < -0.3 is 9.84 Å². The van der Waals surface area contributed by atoms with Crippen LogP contribution in [-0.4, -0.2) is 33.1 Å². The number of rotatable bonds is 9. The van der Waals surface area contributed by atoms with Gasteiger partial charge in [-0.25, -0.2) is 0 Å². The van der Waals surface area contributed by atoms with Gasteiger partial charge in [0.1, 0.15) is 5.75 Å². The van der Waals surface area contributed by atoms with Gasteiger partial charge in [-0.2, -0.15) is 9.78 Å². The number of nitro benzene ring substituents is 1. The highest BCUT2D eigenvalue weighted by Gasteiger charge is 2.14. The zero-order valence-electron chi connectivity index (χ0n) is 16.8. The van der Waals surface area contributed by atoms with Crippen molar-refractivity contribution >= 4 is 39.6 Å². The second-order valence-corrected chi connectivity index (χ2v) is 8.30. The Bertz CT molecular complexity index is 1100. The number of aryl methyl sites for hydroxylation is 1. The molecule has 0 aliphatic rings. The summed E-state index contributed by atoms with van der Waals surface area (Å²) in [6.07, 6.45) is 2.76. The number of aromatic nitrogens is 3. The summed E-state index contributed by atoms with van der Waals surface area (Å²) < 4.78 is 7.55. The standard InChI is InChI=1S/C20H20BrN5O4S/c1-3-4-18-23-24-20(31-12-13-5-7-15(21)8-6-13)25(18)22-11-14-9-16(26(28)29)10-17(30-2)19(14)27/h5-11,27H,3-4,12H2,1-2H3/p-1/b22-11-. The smallest absolute Gasteiger partial charge is 0.273 e. The van der Waals surface area contributed by atoms with Gasteiger partial charge in [0.05, 0.1) is 24.3 Å². The van der Waals surface area contributed by atoms with E-state index in [0.29, 0.717) is 23.2 Å². The first-order valence-electron chi connectivity index (χ1n) is 9.32. The molecular weight excluding hydrogens is 486 g/mol. The van der Waals surface area contributed by atoms with Crippen LogP contribution < -0.4 is 9.84 Å². The van der Waals surface area contributed by atoms with E-state index < -0.39 is 10.7 Å². The van der Waals surface area contributed by atoms with Crippen LogP contribution in [0.15, 0.2) is 51.1 Å². The number of hydrogen-bond acceptors (Lipinski definition) is 8. The number of halogens is 1. The second kappa shape index (κ2) is 10.4. The highest BCUT2D eigenvalue weighted by molar-refractivity contribution is 9.10. The van der Waals surface area contributed by atoms with Crippen molar-refractivity contribution in [2.24, 2.45) is 5.10 Å². The summed E-state index contributed by atoms with van der Waals surface area (Å²) in [4.78, 5) is 10.6. The fourth-order valence-corrected chi connectivity index (χ4v) is 3.82. The Hall–Kier alpha value is -2.92. The minimum absolute atomic E-state index is 0.0473. The van der Waals surface area contributed by atoms with Crippen molar-refractivity contribution in [2.75, 3.05) is 7.11 Å². The van der Waals surface area contributed by atoms with E-state index in [0.717, 1.165) is 22.5 Å². The topological polar surface area (TPSA) is 118 Å². The molecule has 3 aromatic rings. The molecule has 9 nitrogen and oxygen atoms in total. The van der Waals surface area contributed by atoms with Crippen LogP contribution in [0.1, 0.15) is 30.3 Å². The number of methoxy groups -OCH3 is 1. The average molecular weight is 505 g/mol. The van der Waals surface area contributed by atoms with Crippen molar-refractivity contribution in [1.29, 1.82) is 0 Å². The fraction of sp³-hybridized carbons (Fsp3) is 0.250. The van der Waals surface area contributed by atoms with Gasteiger partial charge in [-0.15, -0.1) is 10.2 Å². The molecule has 2 aromatic carbocycles. The lowest BCUT2D eigenvalue weighted by Gasteiger charge is -2.15. The lowest BCUT2D eigenvalue weighted by atomic mass is 10.2. The molecule has 0 aliphatic carbocycles. The van der Waals surface area contributed by atoms with Gasteiger partial charge in [-0.1, -0.05) is 52.5 Å². The number of nitro groups is 1. The molecule has 0 radical (unpaired) electrons. The van der Waals surface area contributed by atoms with Gasteiger partial charge in [0.15, 0.2) is 5.82 Å². The summed E-state index contributed by atoms with van der Waals surface area (Å²) in [7, 11) is 1.29. The Balaban J connectivity index is 1.91. The Labute approximate surface area is 191 Å². The molecule has 1 aromatic heterocycles. The third-order valence-electron chi connectivity index (χ3n) is 4.24. The molecule has 0 saturated carbocycles. The van der Waals surface area contributed by atoms with Crippen LogP contribution in [0.3, 0.4) is 0 Å². The molecule has 0 unspecified atom stereocenters. The summed E-state index contributed by atoms with van der Waals surface area (Å²) in [5.74, 6) is 0.704. The molecule has 0 spiro atoms. The van der Waals surface area contributed by atoms with Crippen molar-refractivity contribution in [2.45, 2.75) is 30.7 Å². The van der Waals surface area contributed by atoms with E-state index in [4.69, 9.17) is 4.74 Å². The molecule has 0 fully saturated rings. The summed E-state index contributed by atoms with van der Waals surface area (Å²) in [6, 6.07) is 10.2. The quantitative estimate of drug-likeness (QED) is 0.185. The minimum atomic E-state index is -0.583. The van der Waals surface area contributed by atoms with Gasteiger partial charge in [0.25, 0.3) is 5.69 Å². The van der Waals surface area contributed by atoms with E-state index in [1.807, 2.05) is 31.2 Å². The highest BCUT2D eigenvalue weighted by atomic mass is 79.9. The molecule has 0 saturated heterocycles. The largest absolute Gasteiger partial charge is 0.870 e. The van der Waals surface area contributed by atoms with Crippen LogP contribution in [-0.2, 0) is 12.2 Å². The van der Waals surface area contributed by atoms with Crippen LogP contribution in [0.25, 0.3) is 0 Å². The Morgan fingerprint density at radius 2 is 2.03 bits per heavy atom. The van der Waals surface area contributed by atoms with E-state index in [1.165, 1.54) is 31.2 Å². The molecule has 162 valence electrons. The van der Waals surface area contributed by atoms with Gasteiger partial charge in [-0.05, 0) is 29.7 Å². The van der Waals surface area contributed by atoms with Crippen LogP contribution in [0.2, 0.25) is 0 Å². The van der Waals surface area contributed by atoms with Crippen LogP contribution in [0.4, 0.5) is 5.69 Å². The highest BCUT2D eigenvalue weighted by Crippen LogP contribution is 2.31. The normalized spacial score (nSPS) is 11.2. The zero-order chi connectivity index (χ0) is 22.4. The third-order valence-corrected chi connectivity index (χ3v) is 5.76. The van der Waals surface area contributed by atoms with Gasteiger partial charge in [-0.3, -0.25) is 10.1 Å². The maximum atomic E-state index is 12.5. The second-order valence-electron chi connectivity index (χ2n) is 6.44. The predicted octanol–water partition coefficient (Wildman–Crippen LogP) is 4.16. The summed E-state index contributed by atoms with van der Waals surface area (Å²) in [5, 5.41) is 37.0. The SMILES string of the molecule is CCCc1nnc(SCc2ccc(Br)cc2)n1/N=C\c1cc([N+](=O)[O-])cc(OC)c1[O-]. The number of thioether (sulfide) groups is 1. The number of ether oxygens (including phenoxy) is 1. The molecule has 0 bridgehead atoms.